The molecule has 1 saturated carbocycles. The molecule has 0 radical (unpaired) electrons. The van der Waals surface area contributed by atoms with Crippen LogP contribution in [0.2, 0.25) is 0 Å². The summed E-state index contributed by atoms with van der Waals surface area (Å²) >= 11 is 0. The Morgan fingerprint density at radius 2 is 0.961 bits per heavy atom. The summed E-state index contributed by atoms with van der Waals surface area (Å²) in [5.41, 5.74) is 5.14. The molecule has 430 valence electrons. The molecule has 8 rings (SSSR count). The molecule has 4 aliphatic rings. The number of ether oxygens (including phenoxy) is 3. The minimum absolute atomic E-state index is 0.178. The van der Waals surface area contributed by atoms with Crippen LogP contribution in [-0.2, 0) is 17.8 Å². The smallest absolute Gasteiger partial charge is 0.231 e. The van der Waals surface area contributed by atoms with Gasteiger partial charge in [0.1, 0.15) is 5.82 Å². The van der Waals surface area contributed by atoms with Gasteiger partial charge in [-0.1, -0.05) is 162 Å². The second kappa shape index (κ2) is 40.3. The van der Waals surface area contributed by atoms with Crippen LogP contribution in [0.4, 0.5) is 4.39 Å². The molecule has 11 heteroatoms. The first-order valence-electron chi connectivity index (χ1n) is 29.2. The highest BCUT2D eigenvalue weighted by molar-refractivity contribution is 5.44. The van der Waals surface area contributed by atoms with Crippen molar-refractivity contribution in [1.82, 2.24) is 36.4 Å². The molecule has 10 nitrogen and oxygen atoms in total. The number of likely N-dealkylation sites (tertiary alicyclic amines) is 1. The molecule has 0 bridgehead atoms. The Kier molecular flexibility index (Phi) is 36.2. The molecular formula is C65H110FN7O3. The van der Waals surface area contributed by atoms with Gasteiger partial charge in [-0.2, -0.15) is 0 Å². The normalized spacial score (nSPS) is 15.1. The third kappa shape index (κ3) is 34.1. The minimum Gasteiger partial charge on any atom is -0.454 e. The zero-order valence-corrected chi connectivity index (χ0v) is 50.7. The lowest BCUT2D eigenvalue weighted by Crippen LogP contribution is -2.40. The lowest BCUT2D eigenvalue weighted by molar-refractivity contribution is 0.0238. The van der Waals surface area contributed by atoms with E-state index in [-0.39, 0.29) is 5.82 Å². The van der Waals surface area contributed by atoms with Crippen LogP contribution in [0.25, 0.3) is 0 Å². The van der Waals surface area contributed by atoms with Gasteiger partial charge in [0.05, 0.1) is 13.2 Å². The number of rotatable bonds is 18. The van der Waals surface area contributed by atoms with E-state index in [4.69, 9.17) is 14.2 Å². The number of hydrogen-bond acceptors (Lipinski definition) is 10. The maximum absolute atomic E-state index is 12.5. The van der Waals surface area contributed by atoms with Crippen molar-refractivity contribution in [3.05, 3.63) is 131 Å². The Balaban J connectivity index is 0.000000313. The molecule has 3 aliphatic heterocycles. The summed E-state index contributed by atoms with van der Waals surface area (Å²) in [4.78, 5) is 4.96. The van der Waals surface area contributed by atoms with Crippen LogP contribution in [0.1, 0.15) is 171 Å². The van der Waals surface area contributed by atoms with Gasteiger partial charge in [-0.05, 0) is 126 Å². The average molecular weight is 1060 g/mol. The van der Waals surface area contributed by atoms with Gasteiger partial charge in [0, 0.05) is 86.5 Å². The van der Waals surface area contributed by atoms with Gasteiger partial charge in [-0.25, -0.2) is 4.39 Å². The van der Waals surface area contributed by atoms with Gasteiger partial charge in [0.2, 0.25) is 6.79 Å². The zero-order chi connectivity index (χ0) is 56.3. The summed E-state index contributed by atoms with van der Waals surface area (Å²) in [5.74, 6) is 2.00. The van der Waals surface area contributed by atoms with Crippen LogP contribution in [0.15, 0.2) is 103 Å². The van der Waals surface area contributed by atoms with E-state index in [9.17, 15) is 4.39 Å². The summed E-state index contributed by atoms with van der Waals surface area (Å²) in [6, 6.07) is 40.0. The van der Waals surface area contributed by atoms with Crippen LogP contribution in [0, 0.1) is 5.82 Å². The Morgan fingerprint density at radius 3 is 1.36 bits per heavy atom. The maximum atomic E-state index is 12.5. The molecule has 3 fully saturated rings. The summed E-state index contributed by atoms with van der Waals surface area (Å²) in [6.45, 7) is 44.6. The highest BCUT2D eigenvalue weighted by atomic mass is 19.1. The Labute approximate surface area is 464 Å². The van der Waals surface area contributed by atoms with Crippen molar-refractivity contribution >= 4 is 0 Å². The topological polar surface area (TPSA) is 94.3 Å². The molecule has 0 aromatic heterocycles. The third-order valence-corrected chi connectivity index (χ3v) is 12.6. The van der Waals surface area contributed by atoms with Gasteiger partial charge in [-0.3, -0.25) is 4.90 Å². The summed E-state index contributed by atoms with van der Waals surface area (Å²) < 4.78 is 28.2. The van der Waals surface area contributed by atoms with Crippen LogP contribution >= 0.6 is 0 Å². The molecule has 0 atom stereocenters. The van der Waals surface area contributed by atoms with E-state index in [0.29, 0.717) is 55.0 Å². The molecular weight excluding hydrogens is 946 g/mol. The average Bonchev–Trinajstić information content (AvgIpc) is 3.77. The summed E-state index contributed by atoms with van der Waals surface area (Å²) in [7, 11) is 0. The van der Waals surface area contributed by atoms with Crippen molar-refractivity contribution < 1.29 is 18.6 Å². The van der Waals surface area contributed by atoms with E-state index in [1.165, 1.54) is 67.6 Å². The number of nitrogens with zero attached hydrogens (tertiary/aromatic N) is 2. The fourth-order valence-corrected chi connectivity index (χ4v) is 8.45. The fourth-order valence-electron chi connectivity index (χ4n) is 8.45. The highest BCUT2D eigenvalue weighted by Gasteiger charge is 2.21. The number of hydrogen-bond donors (Lipinski definition) is 5. The van der Waals surface area contributed by atoms with E-state index >= 15 is 0 Å². The minimum atomic E-state index is -0.178. The predicted molar refractivity (Wildman–Crippen MR) is 324 cm³/mol. The quantitative estimate of drug-likeness (QED) is 0.0663. The van der Waals surface area contributed by atoms with Crippen LogP contribution < -0.4 is 36.1 Å². The number of halogens is 1. The van der Waals surface area contributed by atoms with Gasteiger partial charge >= 0.3 is 0 Å². The monoisotopic (exact) mass is 1060 g/mol. The standard InChI is InChI=1S/C18H23N.C11H15NO2.C10H14FN.C7H15NO.C7H15N.C6H13N.C6H15N/c1-15(2)19-14-13-18(16-9-5-3-6-10-16)17-11-7-4-8-12-17;1-8(2)12-6-9-3-4-10-11(5-9)14-7-13-10;1-8(2)12-7-9-3-5-10(11)6-4-9;1-7(2)8-3-5-9-6-4-8;1-7(2)8-5-3-4-6-8;1-5(2)7-6-3-4-6;1-5(2)7-6(3)4/h3-12,15,18-19H,13-14H2,1-2H3;3-5,8,12H,6-7H2,1-2H3;3-6,8,12H,7H2,1-2H3;7H,3-6H2,1-2H3;7H,3-6H2,1-2H3;5-7H,3-4H2,1-2H3;5-7H,1-4H3. The van der Waals surface area contributed by atoms with Gasteiger partial charge in [0.15, 0.2) is 11.5 Å². The highest BCUT2D eigenvalue weighted by Crippen LogP contribution is 2.32. The van der Waals surface area contributed by atoms with E-state index in [0.717, 1.165) is 81.5 Å². The Bertz CT molecular complexity index is 1910. The lowest BCUT2D eigenvalue weighted by atomic mass is 9.88. The maximum Gasteiger partial charge on any atom is 0.231 e. The number of morpholine rings is 1. The number of benzene rings is 4. The summed E-state index contributed by atoms with van der Waals surface area (Å²) in [5, 5.41) is 16.9. The van der Waals surface area contributed by atoms with Gasteiger partial charge < -0.3 is 45.7 Å². The Morgan fingerprint density at radius 1 is 0.500 bits per heavy atom. The molecule has 76 heavy (non-hydrogen) atoms. The fraction of sp³-hybridized carbons (Fsp3) is 0.631. The first kappa shape index (κ1) is 68.2. The third-order valence-electron chi connectivity index (χ3n) is 12.6. The largest absolute Gasteiger partial charge is 0.454 e. The van der Waals surface area contributed by atoms with Crippen molar-refractivity contribution in [1.29, 1.82) is 0 Å². The first-order chi connectivity index (χ1) is 36.2. The molecule has 0 unspecified atom stereocenters. The molecule has 0 amide bonds. The molecule has 3 heterocycles. The van der Waals surface area contributed by atoms with E-state index in [2.05, 4.69) is 214 Å². The number of fused-ring (bicyclic) bond motifs is 1. The molecule has 0 spiro atoms. The van der Waals surface area contributed by atoms with Crippen molar-refractivity contribution in [2.75, 3.05) is 52.7 Å². The van der Waals surface area contributed by atoms with E-state index in [1.807, 2.05) is 12.1 Å². The first-order valence-corrected chi connectivity index (χ1v) is 29.2. The SMILES string of the molecule is CC(C)N1CCCC1.CC(C)N1CCOCC1.CC(C)NC(C)C.CC(C)NC1CC1.CC(C)NCCC(c1ccccc1)c1ccccc1.CC(C)NCc1ccc(F)cc1.CC(C)NCc1ccc2c(c1)OCO2. The van der Waals surface area contributed by atoms with Crippen molar-refractivity contribution in [2.45, 2.75) is 216 Å². The van der Waals surface area contributed by atoms with Crippen molar-refractivity contribution in [2.24, 2.45) is 0 Å². The van der Waals surface area contributed by atoms with Crippen molar-refractivity contribution in [3.63, 3.8) is 0 Å². The van der Waals surface area contributed by atoms with Crippen molar-refractivity contribution in [3.8, 4) is 11.5 Å². The van der Waals surface area contributed by atoms with Gasteiger partial charge in [0.25, 0.3) is 0 Å². The van der Waals surface area contributed by atoms with Crippen LogP contribution in [0.3, 0.4) is 0 Å². The summed E-state index contributed by atoms with van der Waals surface area (Å²) in [6.07, 6.45) is 6.76. The van der Waals surface area contributed by atoms with Gasteiger partial charge in [-0.15, -0.1) is 0 Å². The second-order valence-electron chi connectivity index (χ2n) is 22.8. The zero-order valence-electron chi connectivity index (χ0n) is 50.7. The molecule has 4 aromatic rings. The lowest BCUT2D eigenvalue weighted by Gasteiger charge is -2.29. The Hall–Kier alpha value is -3.91. The predicted octanol–water partition coefficient (Wildman–Crippen LogP) is 13.2. The van der Waals surface area contributed by atoms with Crippen LogP contribution in [0.5, 0.6) is 11.5 Å². The molecule has 1 aliphatic carbocycles. The molecule has 4 aromatic carbocycles. The molecule has 2 saturated heterocycles. The van der Waals surface area contributed by atoms with Crippen LogP contribution in [-0.4, -0.2) is 117 Å². The molecule has 5 N–H and O–H groups in total. The number of nitrogens with one attached hydrogen (secondary N) is 5. The van der Waals surface area contributed by atoms with E-state index < -0.39 is 0 Å². The second-order valence-corrected chi connectivity index (χ2v) is 22.8. The van der Waals surface area contributed by atoms with E-state index in [1.54, 1.807) is 12.1 Å².